The Morgan fingerprint density at radius 1 is 1.53 bits per heavy atom. The van der Waals surface area contributed by atoms with Crippen molar-refractivity contribution in [3.63, 3.8) is 0 Å². The van der Waals surface area contributed by atoms with Gasteiger partial charge in [-0.1, -0.05) is 6.92 Å². The quantitative estimate of drug-likeness (QED) is 0.857. The van der Waals surface area contributed by atoms with Crippen LogP contribution in [-0.4, -0.2) is 25.3 Å². The van der Waals surface area contributed by atoms with Gasteiger partial charge in [-0.15, -0.1) is 11.3 Å². The molecule has 6 heteroatoms. The minimum atomic E-state index is -3.33. The fourth-order valence-electron chi connectivity index (χ4n) is 1.38. The van der Waals surface area contributed by atoms with Crippen molar-refractivity contribution < 1.29 is 8.42 Å². The summed E-state index contributed by atoms with van der Waals surface area (Å²) in [5, 5.41) is 1.77. The third kappa shape index (κ3) is 2.61. The van der Waals surface area contributed by atoms with Gasteiger partial charge < -0.3 is 0 Å². The molecule has 0 saturated carbocycles. The molecule has 0 aliphatic rings. The van der Waals surface area contributed by atoms with Gasteiger partial charge in [0.1, 0.15) is 4.21 Å². The van der Waals surface area contributed by atoms with E-state index in [2.05, 4.69) is 15.9 Å². The van der Waals surface area contributed by atoms with Crippen LogP contribution in [0.25, 0.3) is 0 Å². The summed E-state index contributed by atoms with van der Waals surface area (Å²) in [6.07, 6.45) is 0. The highest BCUT2D eigenvalue weighted by atomic mass is 79.9. The summed E-state index contributed by atoms with van der Waals surface area (Å²) < 4.78 is 26.9. The third-order valence-corrected chi connectivity index (χ3v) is 6.81. The van der Waals surface area contributed by atoms with Gasteiger partial charge in [-0.25, -0.2) is 8.42 Å². The highest BCUT2D eigenvalue weighted by Crippen LogP contribution is 2.30. The lowest BCUT2D eigenvalue weighted by atomic mass is 10.4. The molecule has 86 valence electrons. The second-order valence-electron chi connectivity index (χ2n) is 3.36. The van der Waals surface area contributed by atoms with E-state index in [1.165, 1.54) is 15.6 Å². The summed E-state index contributed by atoms with van der Waals surface area (Å²) in [5.74, 6) is 0. The Morgan fingerprint density at radius 3 is 2.47 bits per heavy atom. The summed E-state index contributed by atoms with van der Waals surface area (Å²) in [4.78, 5) is 0. The van der Waals surface area contributed by atoms with Gasteiger partial charge in [-0.2, -0.15) is 4.31 Å². The molecule has 1 aromatic heterocycles. The van der Waals surface area contributed by atoms with Crippen LogP contribution in [0.2, 0.25) is 0 Å². The lowest BCUT2D eigenvalue weighted by Gasteiger charge is -2.23. The summed E-state index contributed by atoms with van der Waals surface area (Å²) in [6.45, 7) is 6.09. The molecule has 0 amide bonds. The van der Waals surface area contributed by atoms with E-state index in [9.17, 15) is 8.42 Å². The molecule has 1 rings (SSSR count). The summed E-state index contributed by atoms with van der Waals surface area (Å²) in [7, 11) is -3.33. The van der Waals surface area contributed by atoms with Crippen molar-refractivity contribution in [1.82, 2.24) is 4.31 Å². The Hall–Kier alpha value is 0.0900. The van der Waals surface area contributed by atoms with Crippen LogP contribution in [0, 0.1) is 0 Å². The number of rotatable bonds is 4. The first kappa shape index (κ1) is 13.2. The number of hydrogen-bond donors (Lipinski definition) is 0. The molecule has 1 heterocycles. The van der Waals surface area contributed by atoms with Gasteiger partial charge in [0.15, 0.2) is 0 Å². The second-order valence-corrected chi connectivity index (χ2v) is 7.21. The average molecular weight is 312 g/mol. The van der Waals surface area contributed by atoms with E-state index in [1.807, 2.05) is 20.8 Å². The largest absolute Gasteiger partial charge is 0.253 e. The van der Waals surface area contributed by atoms with Crippen LogP contribution >= 0.6 is 27.3 Å². The van der Waals surface area contributed by atoms with Crippen molar-refractivity contribution in [3.8, 4) is 0 Å². The normalized spacial score (nSPS) is 12.7. The number of halogens is 1. The van der Waals surface area contributed by atoms with E-state index in [0.29, 0.717) is 15.2 Å². The minimum Gasteiger partial charge on any atom is -0.206 e. The standard InChI is InChI=1S/C9H14BrNO2S2/c1-4-11(7(2)3)15(12,13)9-8(10)5-6-14-9/h5-7H,4H2,1-3H3. The van der Waals surface area contributed by atoms with E-state index >= 15 is 0 Å². The number of nitrogens with zero attached hydrogens (tertiary/aromatic N) is 1. The van der Waals surface area contributed by atoms with Gasteiger partial charge in [0.2, 0.25) is 0 Å². The lowest BCUT2D eigenvalue weighted by molar-refractivity contribution is 0.370. The SMILES string of the molecule is CCN(C(C)C)S(=O)(=O)c1sccc1Br. The number of sulfonamides is 1. The van der Waals surface area contributed by atoms with E-state index in [0.717, 1.165) is 0 Å². The van der Waals surface area contributed by atoms with Gasteiger partial charge in [-0.05, 0) is 41.2 Å². The molecule has 0 fully saturated rings. The predicted octanol–water partition coefficient (Wildman–Crippen LogP) is 2.93. The van der Waals surface area contributed by atoms with Gasteiger partial charge in [0.05, 0.1) is 0 Å². The van der Waals surface area contributed by atoms with Crippen molar-refractivity contribution in [3.05, 3.63) is 15.9 Å². The molecule has 0 N–H and O–H groups in total. The molecule has 3 nitrogen and oxygen atoms in total. The Labute approximate surface area is 103 Å². The predicted molar refractivity (Wildman–Crippen MR) is 66.7 cm³/mol. The van der Waals surface area contributed by atoms with Crippen LogP contribution in [-0.2, 0) is 10.0 Å². The van der Waals surface area contributed by atoms with Crippen LogP contribution in [0.1, 0.15) is 20.8 Å². The monoisotopic (exact) mass is 311 g/mol. The molecular weight excluding hydrogens is 298 g/mol. The van der Waals surface area contributed by atoms with E-state index in [4.69, 9.17) is 0 Å². The zero-order chi connectivity index (χ0) is 11.6. The van der Waals surface area contributed by atoms with Gasteiger partial charge >= 0.3 is 0 Å². The Kier molecular flexibility index (Phi) is 4.34. The van der Waals surface area contributed by atoms with Crippen molar-refractivity contribution >= 4 is 37.3 Å². The molecule has 15 heavy (non-hydrogen) atoms. The average Bonchev–Trinajstić information content (AvgIpc) is 2.51. The van der Waals surface area contributed by atoms with E-state index < -0.39 is 10.0 Å². The maximum absolute atomic E-state index is 12.2. The molecule has 1 aromatic rings. The second kappa shape index (κ2) is 4.95. The fourth-order valence-corrected chi connectivity index (χ4v) is 5.46. The van der Waals surface area contributed by atoms with Crippen LogP contribution in [0.15, 0.2) is 20.1 Å². The third-order valence-electron chi connectivity index (χ3n) is 2.02. The lowest BCUT2D eigenvalue weighted by Crippen LogP contribution is -2.36. The van der Waals surface area contributed by atoms with Gasteiger partial charge in [0, 0.05) is 17.1 Å². The summed E-state index contributed by atoms with van der Waals surface area (Å²) in [6, 6.07) is 1.74. The van der Waals surface area contributed by atoms with E-state index in [1.54, 1.807) is 11.4 Å². The Morgan fingerprint density at radius 2 is 2.13 bits per heavy atom. The molecule has 0 aliphatic carbocycles. The molecule has 0 unspecified atom stereocenters. The smallest absolute Gasteiger partial charge is 0.206 e. The first-order valence-electron chi connectivity index (χ1n) is 4.66. The van der Waals surface area contributed by atoms with E-state index in [-0.39, 0.29) is 6.04 Å². The number of hydrogen-bond acceptors (Lipinski definition) is 3. The molecule has 0 aromatic carbocycles. The zero-order valence-corrected chi connectivity index (χ0v) is 12.1. The van der Waals surface area contributed by atoms with Crippen LogP contribution in [0.3, 0.4) is 0 Å². The minimum absolute atomic E-state index is 0.0194. The van der Waals surface area contributed by atoms with Crippen molar-refractivity contribution in [2.24, 2.45) is 0 Å². The van der Waals surface area contributed by atoms with Gasteiger partial charge in [0.25, 0.3) is 10.0 Å². The summed E-state index contributed by atoms with van der Waals surface area (Å²) in [5.41, 5.74) is 0. The van der Waals surface area contributed by atoms with Crippen molar-refractivity contribution in [2.75, 3.05) is 6.54 Å². The fraction of sp³-hybridized carbons (Fsp3) is 0.556. The number of thiophene rings is 1. The summed E-state index contributed by atoms with van der Waals surface area (Å²) >= 11 is 4.49. The molecule has 0 aliphatic heterocycles. The van der Waals surface area contributed by atoms with Crippen molar-refractivity contribution in [1.29, 1.82) is 0 Å². The topological polar surface area (TPSA) is 37.4 Å². The first-order chi connectivity index (χ1) is 6.91. The molecular formula is C9H14BrNO2S2. The van der Waals surface area contributed by atoms with Crippen LogP contribution in [0.4, 0.5) is 0 Å². The highest BCUT2D eigenvalue weighted by Gasteiger charge is 2.28. The van der Waals surface area contributed by atoms with Gasteiger partial charge in [-0.3, -0.25) is 0 Å². The Bertz CT molecular complexity index is 425. The highest BCUT2D eigenvalue weighted by molar-refractivity contribution is 9.10. The molecule has 0 atom stereocenters. The van der Waals surface area contributed by atoms with Crippen LogP contribution < -0.4 is 0 Å². The molecule has 0 radical (unpaired) electrons. The molecule has 0 spiro atoms. The van der Waals surface area contributed by atoms with Crippen LogP contribution in [0.5, 0.6) is 0 Å². The Balaban J connectivity index is 3.18. The zero-order valence-electron chi connectivity index (χ0n) is 8.90. The molecule has 0 bridgehead atoms. The molecule has 0 saturated heterocycles. The maximum Gasteiger partial charge on any atom is 0.253 e. The maximum atomic E-state index is 12.2. The van der Waals surface area contributed by atoms with Crippen molar-refractivity contribution in [2.45, 2.75) is 31.0 Å². The first-order valence-corrected chi connectivity index (χ1v) is 7.77.